The van der Waals surface area contributed by atoms with Crippen LogP contribution in [0.1, 0.15) is 23.7 Å². The fraction of sp³-hybridized carbons (Fsp3) is 0.176. The molecule has 0 spiro atoms. The summed E-state index contributed by atoms with van der Waals surface area (Å²) in [6.45, 7) is 3.76. The van der Waals surface area contributed by atoms with E-state index in [0.29, 0.717) is 0 Å². The van der Waals surface area contributed by atoms with Crippen LogP contribution in [-0.2, 0) is 5.60 Å². The van der Waals surface area contributed by atoms with Crippen LogP contribution in [0.15, 0.2) is 54.9 Å². The van der Waals surface area contributed by atoms with Gasteiger partial charge in [0.25, 0.3) is 0 Å². The molecular formula is C17H16N2O. The second kappa shape index (κ2) is 4.69. The molecule has 2 aromatic heterocycles. The van der Waals surface area contributed by atoms with Crippen LogP contribution in [0.5, 0.6) is 0 Å². The Morgan fingerprint density at radius 2 is 1.90 bits per heavy atom. The van der Waals surface area contributed by atoms with E-state index < -0.39 is 5.60 Å². The molecule has 0 amide bonds. The van der Waals surface area contributed by atoms with Crippen LogP contribution >= 0.6 is 0 Å². The highest BCUT2D eigenvalue weighted by Gasteiger charge is 2.25. The number of hydrogen-bond acceptors (Lipinski definition) is 3. The van der Waals surface area contributed by atoms with E-state index >= 15 is 0 Å². The number of rotatable bonds is 2. The average molecular weight is 264 g/mol. The molecule has 0 saturated carbocycles. The summed E-state index contributed by atoms with van der Waals surface area (Å²) >= 11 is 0. The topological polar surface area (TPSA) is 46.0 Å². The van der Waals surface area contributed by atoms with Crippen LogP contribution in [0.3, 0.4) is 0 Å². The zero-order chi connectivity index (χ0) is 14.2. The molecule has 1 N–H and O–H groups in total. The molecule has 3 aromatic rings. The lowest BCUT2D eigenvalue weighted by Crippen LogP contribution is -2.22. The minimum Gasteiger partial charge on any atom is -0.381 e. The van der Waals surface area contributed by atoms with Crippen molar-refractivity contribution in [2.75, 3.05) is 0 Å². The van der Waals surface area contributed by atoms with Crippen LogP contribution in [0, 0.1) is 6.92 Å². The largest absolute Gasteiger partial charge is 0.381 e. The quantitative estimate of drug-likeness (QED) is 0.773. The average Bonchev–Trinajstić information content (AvgIpc) is 2.47. The Balaban J connectivity index is 2.12. The summed E-state index contributed by atoms with van der Waals surface area (Å²) in [6.07, 6.45) is 3.39. The zero-order valence-electron chi connectivity index (χ0n) is 11.5. The van der Waals surface area contributed by atoms with E-state index in [0.717, 1.165) is 27.7 Å². The van der Waals surface area contributed by atoms with E-state index in [1.807, 2.05) is 49.4 Å². The second-order valence-electron chi connectivity index (χ2n) is 5.17. The molecule has 0 radical (unpaired) electrons. The number of hydrogen-bond donors (Lipinski definition) is 1. The molecule has 100 valence electrons. The van der Waals surface area contributed by atoms with Gasteiger partial charge in [0.05, 0.1) is 5.52 Å². The molecule has 2 heterocycles. The van der Waals surface area contributed by atoms with Gasteiger partial charge in [-0.2, -0.15) is 0 Å². The second-order valence-corrected chi connectivity index (χ2v) is 5.17. The Hall–Kier alpha value is -2.26. The molecule has 0 bridgehead atoms. The molecule has 20 heavy (non-hydrogen) atoms. The lowest BCUT2D eigenvalue weighted by molar-refractivity contribution is 0.102. The fourth-order valence-corrected chi connectivity index (χ4v) is 2.35. The number of nitrogens with zero attached hydrogens (tertiary/aromatic N) is 2. The maximum absolute atomic E-state index is 10.8. The maximum atomic E-state index is 10.8. The van der Waals surface area contributed by atoms with E-state index in [4.69, 9.17) is 0 Å². The zero-order valence-corrected chi connectivity index (χ0v) is 11.5. The van der Waals surface area contributed by atoms with Crippen molar-refractivity contribution in [3.63, 3.8) is 0 Å². The molecule has 1 unspecified atom stereocenters. The number of aliphatic hydroxyl groups is 1. The van der Waals surface area contributed by atoms with Gasteiger partial charge in [-0.15, -0.1) is 0 Å². The number of pyridine rings is 2. The van der Waals surface area contributed by atoms with Crippen LogP contribution < -0.4 is 0 Å². The van der Waals surface area contributed by atoms with Gasteiger partial charge >= 0.3 is 0 Å². The molecule has 0 saturated heterocycles. The molecule has 1 aromatic carbocycles. The van der Waals surface area contributed by atoms with Gasteiger partial charge in [0.2, 0.25) is 0 Å². The Kier molecular flexibility index (Phi) is 2.99. The van der Waals surface area contributed by atoms with Crippen molar-refractivity contribution < 1.29 is 5.11 Å². The van der Waals surface area contributed by atoms with Gasteiger partial charge in [-0.3, -0.25) is 9.97 Å². The smallest absolute Gasteiger partial charge is 0.113 e. The van der Waals surface area contributed by atoms with Gasteiger partial charge in [0.1, 0.15) is 5.60 Å². The van der Waals surface area contributed by atoms with Crippen molar-refractivity contribution in [3.8, 4) is 0 Å². The van der Waals surface area contributed by atoms with Crippen molar-refractivity contribution in [3.05, 3.63) is 71.7 Å². The van der Waals surface area contributed by atoms with Crippen LogP contribution in [0.2, 0.25) is 0 Å². The number of fused-ring (bicyclic) bond motifs is 1. The Morgan fingerprint density at radius 3 is 2.65 bits per heavy atom. The van der Waals surface area contributed by atoms with E-state index in [1.165, 1.54) is 0 Å². The van der Waals surface area contributed by atoms with Crippen molar-refractivity contribution in [1.82, 2.24) is 9.97 Å². The molecule has 0 aliphatic heterocycles. The minimum atomic E-state index is -1.06. The molecular weight excluding hydrogens is 248 g/mol. The molecule has 3 rings (SSSR count). The highest BCUT2D eigenvalue weighted by Crippen LogP contribution is 2.30. The number of aromatic nitrogens is 2. The van der Waals surface area contributed by atoms with Gasteiger partial charge in [0.15, 0.2) is 0 Å². The van der Waals surface area contributed by atoms with E-state index in [1.54, 1.807) is 19.3 Å². The van der Waals surface area contributed by atoms with Gasteiger partial charge in [-0.25, -0.2) is 0 Å². The number of benzene rings is 1. The summed E-state index contributed by atoms with van der Waals surface area (Å²) in [6, 6.07) is 13.6. The third kappa shape index (κ3) is 2.17. The summed E-state index contributed by atoms with van der Waals surface area (Å²) in [5.74, 6) is 0. The van der Waals surface area contributed by atoms with E-state index in [2.05, 4.69) is 9.97 Å². The summed E-state index contributed by atoms with van der Waals surface area (Å²) in [7, 11) is 0. The van der Waals surface area contributed by atoms with Crippen molar-refractivity contribution >= 4 is 10.9 Å². The molecule has 3 heteroatoms. The Labute approximate surface area is 117 Å². The lowest BCUT2D eigenvalue weighted by Gasteiger charge is -2.24. The first-order chi connectivity index (χ1) is 9.57. The van der Waals surface area contributed by atoms with E-state index in [9.17, 15) is 5.11 Å². The third-order valence-corrected chi connectivity index (χ3v) is 3.61. The molecule has 0 aliphatic carbocycles. The third-order valence-electron chi connectivity index (χ3n) is 3.61. The highest BCUT2D eigenvalue weighted by atomic mass is 16.3. The Morgan fingerprint density at radius 1 is 1.05 bits per heavy atom. The predicted octanol–water partition coefficient (Wildman–Crippen LogP) is 3.19. The minimum absolute atomic E-state index is 0.777. The highest BCUT2D eigenvalue weighted by molar-refractivity contribution is 5.79. The molecule has 0 fully saturated rings. The van der Waals surface area contributed by atoms with Crippen LogP contribution in [0.4, 0.5) is 0 Å². The molecule has 0 aliphatic rings. The monoisotopic (exact) mass is 264 g/mol. The maximum Gasteiger partial charge on any atom is 0.113 e. The van der Waals surface area contributed by atoms with Crippen molar-refractivity contribution in [1.29, 1.82) is 0 Å². The fourth-order valence-electron chi connectivity index (χ4n) is 2.35. The van der Waals surface area contributed by atoms with Crippen molar-refractivity contribution in [2.45, 2.75) is 19.4 Å². The van der Waals surface area contributed by atoms with Gasteiger partial charge in [-0.1, -0.05) is 18.2 Å². The first-order valence-corrected chi connectivity index (χ1v) is 6.58. The Bertz CT molecular complexity index is 751. The predicted molar refractivity (Wildman–Crippen MR) is 79.4 cm³/mol. The van der Waals surface area contributed by atoms with Gasteiger partial charge in [0, 0.05) is 29.0 Å². The van der Waals surface area contributed by atoms with E-state index in [-0.39, 0.29) is 0 Å². The van der Waals surface area contributed by atoms with Gasteiger partial charge < -0.3 is 5.11 Å². The molecule has 3 nitrogen and oxygen atoms in total. The summed E-state index contributed by atoms with van der Waals surface area (Å²) in [4.78, 5) is 8.56. The first kappa shape index (κ1) is 12.8. The summed E-state index contributed by atoms with van der Waals surface area (Å²) in [5.41, 5.74) is 2.48. The van der Waals surface area contributed by atoms with Crippen molar-refractivity contribution in [2.24, 2.45) is 0 Å². The van der Waals surface area contributed by atoms with Crippen LogP contribution in [0.25, 0.3) is 10.9 Å². The molecule has 1 atom stereocenters. The normalized spacial score (nSPS) is 14.2. The standard InChI is InChI=1S/C17H16N2O/c1-12-5-6-13-10-14(7-8-16(13)19-12)17(2,20)15-4-3-9-18-11-15/h3-11,20H,1-2H3. The summed E-state index contributed by atoms with van der Waals surface area (Å²) < 4.78 is 0. The summed E-state index contributed by atoms with van der Waals surface area (Å²) in [5, 5.41) is 11.8. The first-order valence-electron chi connectivity index (χ1n) is 6.58. The number of aryl methyl sites for hydroxylation is 1. The SMILES string of the molecule is Cc1ccc2cc(C(C)(O)c3cccnc3)ccc2n1. The van der Waals surface area contributed by atoms with Crippen LogP contribution in [-0.4, -0.2) is 15.1 Å². The lowest BCUT2D eigenvalue weighted by atomic mass is 9.88. The van der Waals surface area contributed by atoms with Gasteiger partial charge in [-0.05, 0) is 43.7 Å².